The lowest BCUT2D eigenvalue weighted by molar-refractivity contribution is 0.720. The van der Waals surface area contributed by atoms with Crippen LogP contribution in [0.1, 0.15) is 22.2 Å². The number of hydrogen-bond acceptors (Lipinski definition) is 3. The Labute approximate surface area is 101 Å². The summed E-state index contributed by atoms with van der Waals surface area (Å²) in [6.07, 6.45) is 1.91. The summed E-state index contributed by atoms with van der Waals surface area (Å²) >= 11 is 5.17. The minimum Gasteiger partial charge on any atom is -0.318 e. The van der Waals surface area contributed by atoms with Crippen molar-refractivity contribution in [3.63, 3.8) is 0 Å². The molecule has 0 saturated heterocycles. The second kappa shape index (κ2) is 4.08. The molecule has 2 aromatic heterocycles. The van der Waals surface area contributed by atoms with Crippen LogP contribution in [0.15, 0.2) is 22.1 Å². The van der Waals surface area contributed by atoms with E-state index in [9.17, 15) is 0 Å². The maximum Gasteiger partial charge on any atom is 0.0845 e. The lowest BCUT2D eigenvalue weighted by atomic mass is 10.2. The van der Waals surface area contributed by atoms with Gasteiger partial charge in [0.15, 0.2) is 0 Å². The molecule has 0 aliphatic rings. The number of aryl methyl sites for hydroxylation is 2. The van der Waals surface area contributed by atoms with E-state index in [1.807, 2.05) is 19.3 Å². The minimum atomic E-state index is -0.124. The maximum absolute atomic E-state index is 6.13. The van der Waals surface area contributed by atoms with E-state index in [4.69, 9.17) is 5.73 Å². The molecular formula is C10H12BrN3S. The van der Waals surface area contributed by atoms with E-state index < -0.39 is 0 Å². The van der Waals surface area contributed by atoms with Crippen LogP contribution >= 0.6 is 27.3 Å². The highest BCUT2D eigenvalue weighted by Crippen LogP contribution is 2.32. The monoisotopic (exact) mass is 285 g/mol. The first-order chi connectivity index (χ1) is 7.08. The molecule has 5 heteroatoms. The first-order valence-corrected chi connectivity index (χ1v) is 6.20. The van der Waals surface area contributed by atoms with Gasteiger partial charge in [-0.1, -0.05) is 0 Å². The molecule has 0 spiro atoms. The molecule has 2 N–H and O–H groups in total. The standard InChI is InChI=1S/C10H12BrN3S/c1-6-5-8(15-10(6)11)9(12)7-3-4-14(2)13-7/h3-5,9H,12H2,1-2H3. The van der Waals surface area contributed by atoms with Crippen LogP contribution in [0.4, 0.5) is 0 Å². The fraction of sp³-hybridized carbons (Fsp3) is 0.300. The molecule has 0 aromatic carbocycles. The molecule has 0 aliphatic heterocycles. The van der Waals surface area contributed by atoms with Crippen molar-refractivity contribution in [2.75, 3.05) is 0 Å². The summed E-state index contributed by atoms with van der Waals surface area (Å²) in [5.41, 5.74) is 8.26. The zero-order valence-electron chi connectivity index (χ0n) is 8.57. The van der Waals surface area contributed by atoms with Crippen molar-refractivity contribution in [3.8, 4) is 0 Å². The van der Waals surface area contributed by atoms with Gasteiger partial charge < -0.3 is 5.73 Å². The zero-order chi connectivity index (χ0) is 11.0. The van der Waals surface area contributed by atoms with E-state index >= 15 is 0 Å². The van der Waals surface area contributed by atoms with Crippen molar-refractivity contribution in [1.29, 1.82) is 0 Å². The second-order valence-electron chi connectivity index (χ2n) is 3.50. The summed E-state index contributed by atoms with van der Waals surface area (Å²) in [6, 6.07) is 3.93. The summed E-state index contributed by atoms with van der Waals surface area (Å²) in [5, 5.41) is 4.31. The van der Waals surface area contributed by atoms with Crippen LogP contribution in [0, 0.1) is 6.92 Å². The minimum absolute atomic E-state index is 0.124. The first-order valence-electron chi connectivity index (χ1n) is 4.59. The molecule has 0 radical (unpaired) electrons. The second-order valence-corrected chi connectivity index (χ2v) is 5.90. The summed E-state index contributed by atoms with van der Waals surface area (Å²) in [7, 11) is 1.89. The summed E-state index contributed by atoms with van der Waals surface area (Å²) < 4.78 is 2.91. The van der Waals surface area contributed by atoms with Crippen molar-refractivity contribution in [2.24, 2.45) is 12.8 Å². The van der Waals surface area contributed by atoms with Gasteiger partial charge in [-0.15, -0.1) is 11.3 Å². The van der Waals surface area contributed by atoms with Gasteiger partial charge in [0.05, 0.1) is 15.5 Å². The molecule has 0 fully saturated rings. The number of halogens is 1. The van der Waals surface area contributed by atoms with Crippen molar-refractivity contribution in [1.82, 2.24) is 9.78 Å². The number of aromatic nitrogens is 2. The highest BCUT2D eigenvalue weighted by atomic mass is 79.9. The van der Waals surface area contributed by atoms with E-state index in [0.29, 0.717) is 0 Å². The average molecular weight is 286 g/mol. The lowest BCUT2D eigenvalue weighted by Crippen LogP contribution is -2.11. The van der Waals surface area contributed by atoms with Crippen molar-refractivity contribution in [2.45, 2.75) is 13.0 Å². The Morgan fingerprint density at radius 1 is 1.60 bits per heavy atom. The Bertz CT molecular complexity index is 455. The third-order valence-electron chi connectivity index (χ3n) is 2.24. The van der Waals surface area contributed by atoms with Crippen LogP contribution in [0.5, 0.6) is 0 Å². The normalized spacial score (nSPS) is 13.1. The lowest BCUT2D eigenvalue weighted by Gasteiger charge is -2.04. The predicted molar refractivity (Wildman–Crippen MR) is 66.0 cm³/mol. The molecule has 2 aromatic rings. The Balaban J connectivity index is 2.31. The van der Waals surface area contributed by atoms with Crippen LogP contribution in [-0.2, 0) is 7.05 Å². The fourth-order valence-corrected chi connectivity index (χ4v) is 2.97. The molecule has 3 nitrogen and oxygen atoms in total. The highest BCUT2D eigenvalue weighted by molar-refractivity contribution is 9.11. The molecule has 80 valence electrons. The third-order valence-corrected chi connectivity index (χ3v) is 4.46. The van der Waals surface area contributed by atoms with Crippen LogP contribution in [0.2, 0.25) is 0 Å². The number of nitrogens with zero attached hydrogens (tertiary/aromatic N) is 2. The smallest absolute Gasteiger partial charge is 0.0845 e. The Morgan fingerprint density at radius 3 is 2.80 bits per heavy atom. The van der Waals surface area contributed by atoms with Gasteiger partial charge in [0.1, 0.15) is 0 Å². The number of nitrogens with two attached hydrogens (primary N) is 1. The van der Waals surface area contributed by atoms with E-state index in [0.717, 1.165) is 14.4 Å². The number of hydrogen-bond donors (Lipinski definition) is 1. The summed E-state index contributed by atoms with van der Waals surface area (Å²) in [6.45, 7) is 2.06. The molecular weight excluding hydrogens is 274 g/mol. The quantitative estimate of drug-likeness (QED) is 0.922. The van der Waals surface area contributed by atoms with Crippen LogP contribution in [0.25, 0.3) is 0 Å². The largest absolute Gasteiger partial charge is 0.318 e. The molecule has 1 atom stereocenters. The van der Waals surface area contributed by atoms with Gasteiger partial charge in [-0.2, -0.15) is 5.10 Å². The SMILES string of the molecule is Cc1cc(C(N)c2ccn(C)n2)sc1Br. The molecule has 0 amide bonds. The molecule has 0 bridgehead atoms. The van der Waals surface area contributed by atoms with E-state index in [2.05, 4.69) is 34.0 Å². The predicted octanol–water partition coefficient (Wildman–Crippen LogP) is 2.60. The van der Waals surface area contributed by atoms with Crippen LogP contribution in [-0.4, -0.2) is 9.78 Å². The van der Waals surface area contributed by atoms with Gasteiger partial charge in [0.2, 0.25) is 0 Å². The number of rotatable bonds is 2. The van der Waals surface area contributed by atoms with E-state index in [1.54, 1.807) is 16.0 Å². The van der Waals surface area contributed by atoms with Gasteiger partial charge in [0, 0.05) is 18.1 Å². The first kappa shape index (κ1) is 10.9. The van der Waals surface area contributed by atoms with Crippen LogP contribution in [0.3, 0.4) is 0 Å². The van der Waals surface area contributed by atoms with Gasteiger partial charge in [-0.05, 0) is 40.5 Å². The Morgan fingerprint density at radius 2 is 2.33 bits per heavy atom. The van der Waals surface area contributed by atoms with Crippen molar-refractivity contribution in [3.05, 3.63) is 38.3 Å². The molecule has 2 heterocycles. The van der Waals surface area contributed by atoms with Crippen molar-refractivity contribution < 1.29 is 0 Å². The fourth-order valence-electron chi connectivity index (χ4n) is 1.38. The van der Waals surface area contributed by atoms with Gasteiger partial charge in [0.25, 0.3) is 0 Å². The molecule has 0 aliphatic carbocycles. The van der Waals surface area contributed by atoms with Crippen LogP contribution < -0.4 is 5.73 Å². The summed E-state index contributed by atoms with van der Waals surface area (Å²) in [4.78, 5) is 1.14. The molecule has 2 rings (SSSR count). The molecule has 1 unspecified atom stereocenters. The Kier molecular flexibility index (Phi) is 2.95. The molecule has 15 heavy (non-hydrogen) atoms. The third kappa shape index (κ3) is 2.14. The maximum atomic E-state index is 6.13. The molecule has 0 saturated carbocycles. The zero-order valence-corrected chi connectivity index (χ0v) is 11.0. The van der Waals surface area contributed by atoms with Gasteiger partial charge in [-0.25, -0.2) is 0 Å². The Hall–Kier alpha value is -0.650. The topological polar surface area (TPSA) is 43.8 Å². The van der Waals surface area contributed by atoms with Gasteiger partial charge in [-0.3, -0.25) is 4.68 Å². The number of thiophene rings is 1. The van der Waals surface area contributed by atoms with E-state index in [1.165, 1.54) is 5.56 Å². The van der Waals surface area contributed by atoms with Crippen molar-refractivity contribution >= 4 is 27.3 Å². The van der Waals surface area contributed by atoms with Gasteiger partial charge >= 0.3 is 0 Å². The highest BCUT2D eigenvalue weighted by Gasteiger charge is 2.15. The van der Waals surface area contributed by atoms with E-state index in [-0.39, 0.29) is 6.04 Å². The average Bonchev–Trinajstić information content (AvgIpc) is 2.74. The summed E-state index contributed by atoms with van der Waals surface area (Å²) in [5.74, 6) is 0.